The van der Waals surface area contributed by atoms with E-state index in [1.165, 1.54) is 30.5 Å². The summed E-state index contributed by atoms with van der Waals surface area (Å²) in [5, 5.41) is 42.0. The molecule has 0 atom stereocenters. The summed E-state index contributed by atoms with van der Waals surface area (Å²) in [6, 6.07) is 7.41. The second kappa shape index (κ2) is 6.43. The highest BCUT2D eigenvalue weighted by Gasteiger charge is 2.12. The number of aromatic hydroxyl groups is 3. The van der Waals surface area contributed by atoms with Crippen molar-refractivity contribution in [3.05, 3.63) is 57.6 Å². The molecule has 2 rings (SSSR count). The van der Waals surface area contributed by atoms with Gasteiger partial charge in [-0.2, -0.15) is 5.10 Å². The summed E-state index contributed by atoms with van der Waals surface area (Å²) in [4.78, 5) is 21.7. The number of hydrogen-bond donors (Lipinski definition) is 4. The number of hydrogen-bond acceptors (Lipinski definition) is 7. The third kappa shape index (κ3) is 3.73. The van der Waals surface area contributed by atoms with E-state index in [4.69, 9.17) is 0 Å². The second-order valence-electron chi connectivity index (χ2n) is 4.41. The van der Waals surface area contributed by atoms with Gasteiger partial charge in [0.05, 0.1) is 11.1 Å². The lowest BCUT2D eigenvalue weighted by Crippen LogP contribution is -2.17. The monoisotopic (exact) mass is 317 g/mol. The molecule has 9 nitrogen and oxygen atoms in total. The van der Waals surface area contributed by atoms with Crippen molar-refractivity contribution in [3.63, 3.8) is 0 Å². The minimum atomic E-state index is -0.728. The van der Waals surface area contributed by atoms with E-state index in [-0.39, 0.29) is 11.3 Å². The lowest BCUT2D eigenvalue weighted by molar-refractivity contribution is -0.384. The molecule has 0 aliphatic rings. The molecule has 2 aromatic rings. The zero-order valence-corrected chi connectivity index (χ0v) is 11.5. The summed E-state index contributed by atoms with van der Waals surface area (Å²) >= 11 is 0. The van der Waals surface area contributed by atoms with Gasteiger partial charge >= 0.3 is 0 Å². The molecule has 0 aliphatic carbocycles. The molecule has 2 aromatic carbocycles. The number of phenolic OH excluding ortho intramolecular Hbond substituents is 3. The molecule has 0 radical (unpaired) electrons. The number of phenols is 3. The highest BCUT2D eigenvalue weighted by atomic mass is 16.6. The normalized spacial score (nSPS) is 10.6. The Balaban J connectivity index is 2.05. The quantitative estimate of drug-likeness (QED) is 0.291. The minimum absolute atomic E-state index is 0.0683. The van der Waals surface area contributed by atoms with E-state index in [1.54, 1.807) is 0 Å². The number of rotatable bonds is 4. The smallest absolute Gasteiger partial charge is 0.271 e. The minimum Gasteiger partial charge on any atom is -0.504 e. The van der Waals surface area contributed by atoms with Gasteiger partial charge in [0.15, 0.2) is 17.2 Å². The van der Waals surface area contributed by atoms with Crippen LogP contribution in [0.4, 0.5) is 5.69 Å². The van der Waals surface area contributed by atoms with Gasteiger partial charge in [0, 0.05) is 17.7 Å². The summed E-state index contributed by atoms with van der Waals surface area (Å²) in [6.45, 7) is 0. The first-order valence-electron chi connectivity index (χ1n) is 6.21. The van der Waals surface area contributed by atoms with Crippen LogP contribution in [-0.2, 0) is 0 Å². The third-order valence-electron chi connectivity index (χ3n) is 2.82. The topological polar surface area (TPSA) is 145 Å². The van der Waals surface area contributed by atoms with E-state index in [0.717, 1.165) is 12.1 Å². The molecule has 0 heterocycles. The van der Waals surface area contributed by atoms with E-state index >= 15 is 0 Å². The molecule has 0 unspecified atom stereocenters. The number of non-ortho nitro benzene ring substituents is 1. The van der Waals surface area contributed by atoms with Gasteiger partial charge in [0.1, 0.15) is 0 Å². The lowest BCUT2D eigenvalue weighted by Gasteiger charge is -2.04. The Morgan fingerprint density at radius 3 is 2.22 bits per heavy atom. The molecule has 0 bridgehead atoms. The number of carbonyl (C=O) groups is 1. The lowest BCUT2D eigenvalue weighted by atomic mass is 10.2. The molecule has 23 heavy (non-hydrogen) atoms. The standard InChI is InChI=1S/C14H11N3O6/c18-11-5-9(6-12(19)13(11)20)14(21)16-15-7-8-1-3-10(4-2-8)17(22)23/h1-7,18-20H,(H,16,21). The summed E-state index contributed by atoms with van der Waals surface area (Å²) in [5.74, 6) is -2.74. The summed E-state index contributed by atoms with van der Waals surface area (Å²) in [6.07, 6.45) is 1.27. The molecule has 0 saturated heterocycles. The number of nitro groups is 1. The predicted molar refractivity (Wildman–Crippen MR) is 79.6 cm³/mol. The molecule has 4 N–H and O–H groups in total. The maximum Gasteiger partial charge on any atom is 0.271 e. The van der Waals surface area contributed by atoms with E-state index in [1.807, 2.05) is 0 Å². The molecule has 0 fully saturated rings. The molecule has 1 amide bonds. The van der Waals surface area contributed by atoms with Gasteiger partial charge in [-0.25, -0.2) is 5.43 Å². The Morgan fingerprint density at radius 1 is 1.13 bits per heavy atom. The first-order chi connectivity index (χ1) is 10.9. The summed E-state index contributed by atoms with van der Waals surface area (Å²) in [5.41, 5.74) is 2.49. The van der Waals surface area contributed by atoms with Crippen LogP contribution in [0.1, 0.15) is 15.9 Å². The van der Waals surface area contributed by atoms with Crippen LogP contribution in [0.15, 0.2) is 41.5 Å². The Hall–Kier alpha value is -3.62. The first-order valence-corrected chi connectivity index (χ1v) is 6.21. The zero-order chi connectivity index (χ0) is 17.0. The molecule has 0 saturated carbocycles. The number of carbonyl (C=O) groups excluding carboxylic acids is 1. The summed E-state index contributed by atoms with van der Waals surface area (Å²) < 4.78 is 0. The SMILES string of the molecule is O=C(NN=Cc1ccc([N+](=O)[O-])cc1)c1cc(O)c(O)c(O)c1. The van der Waals surface area contributed by atoms with Crippen LogP contribution in [0.25, 0.3) is 0 Å². The van der Waals surface area contributed by atoms with Crippen molar-refractivity contribution >= 4 is 17.8 Å². The molecule has 118 valence electrons. The average molecular weight is 317 g/mol. The molecule has 9 heteroatoms. The van der Waals surface area contributed by atoms with Crippen LogP contribution in [-0.4, -0.2) is 32.4 Å². The highest BCUT2D eigenvalue weighted by Crippen LogP contribution is 2.35. The van der Waals surface area contributed by atoms with Crippen LogP contribution >= 0.6 is 0 Å². The van der Waals surface area contributed by atoms with Gasteiger partial charge in [-0.15, -0.1) is 0 Å². The largest absolute Gasteiger partial charge is 0.504 e. The zero-order valence-electron chi connectivity index (χ0n) is 11.5. The van der Waals surface area contributed by atoms with E-state index in [9.17, 15) is 30.2 Å². The van der Waals surface area contributed by atoms with Crippen molar-refractivity contribution in [3.8, 4) is 17.2 Å². The van der Waals surface area contributed by atoms with Crippen molar-refractivity contribution in [2.24, 2.45) is 5.10 Å². The van der Waals surface area contributed by atoms with Crippen molar-refractivity contribution < 1.29 is 25.0 Å². The van der Waals surface area contributed by atoms with Gasteiger partial charge in [0.2, 0.25) is 0 Å². The number of benzene rings is 2. The van der Waals surface area contributed by atoms with Crippen molar-refractivity contribution in [2.45, 2.75) is 0 Å². The Morgan fingerprint density at radius 2 is 1.70 bits per heavy atom. The fourth-order valence-corrected chi connectivity index (χ4v) is 1.65. The van der Waals surface area contributed by atoms with Gasteiger partial charge in [-0.3, -0.25) is 14.9 Å². The highest BCUT2D eigenvalue weighted by molar-refractivity contribution is 5.96. The van der Waals surface area contributed by atoms with Crippen LogP contribution in [0.3, 0.4) is 0 Å². The fourth-order valence-electron chi connectivity index (χ4n) is 1.65. The average Bonchev–Trinajstić information content (AvgIpc) is 2.52. The van der Waals surface area contributed by atoms with Gasteiger partial charge in [-0.1, -0.05) is 0 Å². The number of nitro benzene ring substituents is 1. The van der Waals surface area contributed by atoms with Crippen LogP contribution < -0.4 is 5.43 Å². The van der Waals surface area contributed by atoms with Crippen LogP contribution in [0, 0.1) is 10.1 Å². The van der Waals surface area contributed by atoms with Gasteiger partial charge in [-0.05, 0) is 29.8 Å². The number of nitrogens with one attached hydrogen (secondary N) is 1. The number of nitrogens with zero attached hydrogens (tertiary/aromatic N) is 2. The fraction of sp³-hybridized carbons (Fsp3) is 0. The molecular weight excluding hydrogens is 306 g/mol. The van der Waals surface area contributed by atoms with Gasteiger partial charge in [0.25, 0.3) is 11.6 Å². The molecule has 0 spiro atoms. The Labute approximate surface area is 129 Å². The molecule has 0 aromatic heterocycles. The Bertz CT molecular complexity index is 763. The van der Waals surface area contributed by atoms with Crippen LogP contribution in [0.2, 0.25) is 0 Å². The van der Waals surface area contributed by atoms with Gasteiger partial charge < -0.3 is 15.3 Å². The number of hydrazone groups is 1. The molecule has 0 aliphatic heterocycles. The maximum atomic E-state index is 11.8. The number of amides is 1. The van der Waals surface area contributed by atoms with Crippen LogP contribution in [0.5, 0.6) is 17.2 Å². The summed E-state index contributed by atoms with van der Waals surface area (Å²) in [7, 11) is 0. The van der Waals surface area contributed by atoms with E-state index < -0.39 is 28.1 Å². The predicted octanol–water partition coefficient (Wildman–Crippen LogP) is 1.48. The molecular formula is C14H11N3O6. The van der Waals surface area contributed by atoms with Crippen molar-refractivity contribution in [2.75, 3.05) is 0 Å². The second-order valence-corrected chi connectivity index (χ2v) is 4.41. The maximum absolute atomic E-state index is 11.8. The van der Waals surface area contributed by atoms with Crippen molar-refractivity contribution in [1.29, 1.82) is 0 Å². The third-order valence-corrected chi connectivity index (χ3v) is 2.82. The Kier molecular flexibility index (Phi) is 4.41. The first kappa shape index (κ1) is 15.8. The van der Waals surface area contributed by atoms with E-state index in [0.29, 0.717) is 5.56 Å². The van der Waals surface area contributed by atoms with Crippen molar-refractivity contribution in [1.82, 2.24) is 5.43 Å². The van der Waals surface area contributed by atoms with E-state index in [2.05, 4.69) is 10.5 Å².